The minimum atomic E-state index is -0.712. The molecule has 2 N–H and O–H groups in total. The van der Waals surface area contributed by atoms with Crippen molar-refractivity contribution in [2.24, 2.45) is 5.73 Å². The lowest BCUT2D eigenvalue weighted by atomic mass is 10.00. The lowest BCUT2D eigenvalue weighted by Crippen LogP contribution is -2.34. The Morgan fingerprint density at radius 3 is 2.50 bits per heavy atom. The third kappa shape index (κ3) is 7.99. The minimum absolute atomic E-state index is 0.665. The molecular weight excluding hydrogens is 180 g/mol. The van der Waals surface area contributed by atoms with Gasteiger partial charge in [0.1, 0.15) is 5.54 Å². The summed E-state index contributed by atoms with van der Waals surface area (Å²) in [6.07, 6.45) is 2.41. The maximum Gasteiger partial charge on any atom is 0.101 e. The second-order valence-corrected chi connectivity index (χ2v) is 3.59. The van der Waals surface area contributed by atoms with Gasteiger partial charge < -0.3 is 15.2 Å². The summed E-state index contributed by atoms with van der Waals surface area (Å²) < 4.78 is 10.2. The zero-order chi connectivity index (χ0) is 10.9. The van der Waals surface area contributed by atoms with Crippen molar-refractivity contribution in [1.29, 1.82) is 5.26 Å². The van der Waals surface area contributed by atoms with Gasteiger partial charge in [0.25, 0.3) is 0 Å². The summed E-state index contributed by atoms with van der Waals surface area (Å²) in [5.41, 5.74) is 4.93. The molecule has 0 fully saturated rings. The Bertz CT molecular complexity index is 175. The van der Waals surface area contributed by atoms with E-state index in [0.29, 0.717) is 19.6 Å². The van der Waals surface area contributed by atoms with Crippen molar-refractivity contribution in [1.82, 2.24) is 0 Å². The Balaban J connectivity index is 3.18. The zero-order valence-corrected chi connectivity index (χ0v) is 9.08. The molecule has 0 aliphatic carbocycles. The van der Waals surface area contributed by atoms with Gasteiger partial charge >= 0.3 is 0 Å². The molecule has 0 saturated carbocycles. The molecule has 1 unspecified atom stereocenters. The standard InChI is InChI=1S/C10H20N2O2/c1-10(12,9-11)5-3-7-14-8-4-6-13-2/h3-8,12H2,1-2H3. The van der Waals surface area contributed by atoms with Crippen LogP contribution in [0.1, 0.15) is 26.2 Å². The van der Waals surface area contributed by atoms with Crippen LogP contribution in [0.2, 0.25) is 0 Å². The highest BCUT2D eigenvalue weighted by molar-refractivity contribution is 5.00. The van der Waals surface area contributed by atoms with Crippen molar-refractivity contribution in [2.75, 3.05) is 26.9 Å². The molecule has 1 atom stereocenters. The van der Waals surface area contributed by atoms with Gasteiger partial charge in [-0.3, -0.25) is 0 Å². The Morgan fingerprint density at radius 1 is 1.29 bits per heavy atom. The van der Waals surface area contributed by atoms with Gasteiger partial charge in [0.2, 0.25) is 0 Å². The summed E-state index contributed by atoms with van der Waals surface area (Å²) >= 11 is 0. The quantitative estimate of drug-likeness (QED) is 0.595. The summed E-state index contributed by atoms with van der Waals surface area (Å²) in [5.74, 6) is 0. The van der Waals surface area contributed by atoms with Crippen molar-refractivity contribution in [3.05, 3.63) is 0 Å². The summed E-state index contributed by atoms with van der Waals surface area (Å²) in [6, 6.07) is 2.05. The lowest BCUT2D eigenvalue weighted by molar-refractivity contribution is 0.0988. The fourth-order valence-electron chi connectivity index (χ4n) is 1.00. The maximum absolute atomic E-state index is 8.63. The molecule has 0 aromatic carbocycles. The van der Waals surface area contributed by atoms with E-state index in [9.17, 15) is 0 Å². The van der Waals surface area contributed by atoms with Gasteiger partial charge in [0.05, 0.1) is 6.07 Å². The van der Waals surface area contributed by atoms with Crippen molar-refractivity contribution in [3.8, 4) is 6.07 Å². The summed E-state index contributed by atoms with van der Waals surface area (Å²) in [4.78, 5) is 0. The molecule has 4 heteroatoms. The molecule has 0 aliphatic heterocycles. The Labute approximate surface area is 86.0 Å². The van der Waals surface area contributed by atoms with Crippen LogP contribution in [0.3, 0.4) is 0 Å². The second kappa shape index (κ2) is 7.74. The average Bonchev–Trinajstić information content (AvgIpc) is 2.16. The molecule has 4 nitrogen and oxygen atoms in total. The normalized spacial score (nSPS) is 14.7. The number of ether oxygens (including phenoxy) is 2. The van der Waals surface area contributed by atoms with Crippen LogP contribution in [0.25, 0.3) is 0 Å². The number of nitrogens with two attached hydrogens (primary N) is 1. The molecule has 0 aromatic heterocycles. The van der Waals surface area contributed by atoms with E-state index in [4.69, 9.17) is 20.5 Å². The number of nitriles is 1. The molecule has 0 bridgehead atoms. The van der Waals surface area contributed by atoms with Crippen LogP contribution in [0, 0.1) is 11.3 Å². The fourth-order valence-corrected chi connectivity index (χ4v) is 1.00. The molecular formula is C10H20N2O2. The number of hydrogen-bond acceptors (Lipinski definition) is 4. The van der Waals surface area contributed by atoms with Crippen molar-refractivity contribution >= 4 is 0 Å². The van der Waals surface area contributed by atoms with E-state index in [2.05, 4.69) is 6.07 Å². The lowest BCUT2D eigenvalue weighted by Gasteiger charge is -2.14. The zero-order valence-electron chi connectivity index (χ0n) is 9.08. The predicted molar refractivity (Wildman–Crippen MR) is 54.8 cm³/mol. The molecule has 14 heavy (non-hydrogen) atoms. The van der Waals surface area contributed by atoms with Crippen LogP contribution >= 0.6 is 0 Å². The molecule has 0 saturated heterocycles. The number of rotatable bonds is 8. The highest BCUT2D eigenvalue weighted by Crippen LogP contribution is 2.06. The fraction of sp³-hybridized carbons (Fsp3) is 0.900. The molecule has 0 aromatic rings. The van der Waals surface area contributed by atoms with Gasteiger partial charge in [-0.05, 0) is 26.2 Å². The van der Waals surface area contributed by atoms with Gasteiger partial charge in [-0.2, -0.15) is 5.26 Å². The van der Waals surface area contributed by atoms with E-state index in [1.165, 1.54) is 0 Å². The Morgan fingerprint density at radius 2 is 1.93 bits per heavy atom. The molecule has 0 heterocycles. The van der Waals surface area contributed by atoms with E-state index in [1.807, 2.05) is 0 Å². The first-order valence-electron chi connectivity index (χ1n) is 4.89. The summed E-state index contributed by atoms with van der Waals surface area (Å²) in [5, 5.41) is 8.63. The van der Waals surface area contributed by atoms with E-state index >= 15 is 0 Å². The smallest absolute Gasteiger partial charge is 0.101 e. The van der Waals surface area contributed by atoms with Gasteiger partial charge in [0, 0.05) is 26.9 Å². The third-order valence-electron chi connectivity index (χ3n) is 1.88. The van der Waals surface area contributed by atoms with Gasteiger partial charge in [-0.15, -0.1) is 0 Å². The molecule has 0 spiro atoms. The summed E-state index contributed by atoms with van der Waals surface area (Å²) in [6.45, 7) is 3.84. The third-order valence-corrected chi connectivity index (χ3v) is 1.88. The first-order valence-corrected chi connectivity index (χ1v) is 4.89. The van der Waals surface area contributed by atoms with Crippen LogP contribution in [0.5, 0.6) is 0 Å². The van der Waals surface area contributed by atoms with Crippen LogP contribution in [-0.4, -0.2) is 32.5 Å². The van der Waals surface area contributed by atoms with Crippen molar-refractivity contribution < 1.29 is 9.47 Å². The van der Waals surface area contributed by atoms with Crippen LogP contribution in [0.4, 0.5) is 0 Å². The van der Waals surface area contributed by atoms with E-state index in [-0.39, 0.29) is 0 Å². The molecule has 82 valence electrons. The maximum atomic E-state index is 8.63. The van der Waals surface area contributed by atoms with Crippen LogP contribution < -0.4 is 5.73 Å². The van der Waals surface area contributed by atoms with Crippen LogP contribution in [0.15, 0.2) is 0 Å². The molecule has 0 aliphatic rings. The summed E-state index contributed by atoms with van der Waals surface area (Å²) in [7, 11) is 1.67. The van der Waals surface area contributed by atoms with Gasteiger partial charge in [0.15, 0.2) is 0 Å². The van der Waals surface area contributed by atoms with Crippen molar-refractivity contribution in [2.45, 2.75) is 31.7 Å². The van der Waals surface area contributed by atoms with Gasteiger partial charge in [-0.25, -0.2) is 0 Å². The predicted octanol–water partition coefficient (Wildman–Crippen LogP) is 1.06. The molecule has 0 rings (SSSR count). The Kier molecular flexibility index (Phi) is 7.40. The highest BCUT2D eigenvalue weighted by atomic mass is 16.5. The van der Waals surface area contributed by atoms with E-state index < -0.39 is 5.54 Å². The number of nitrogens with zero attached hydrogens (tertiary/aromatic N) is 1. The number of hydrogen-bond donors (Lipinski definition) is 1. The van der Waals surface area contributed by atoms with Gasteiger partial charge in [-0.1, -0.05) is 0 Å². The molecule has 0 amide bonds. The minimum Gasteiger partial charge on any atom is -0.385 e. The van der Waals surface area contributed by atoms with E-state index in [1.54, 1.807) is 14.0 Å². The van der Waals surface area contributed by atoms with Crippen molar-refractivity contribution in [3.63, 3.8) is 0 Å². The van der Waals surface area contributed by atoms with E-state index in [0.717, 1.165) is 19.4 Å². The number of methoxy groups -OCH3 is 1. The second-order valence-electron chi connectivity index (χ2n) is 3.59. The SMILES string of the molecule is COCCCOCCCC(C)(N)C#N. The molecule has 0 radical (unpaired) electrons. The van der Waals surface area contributed by atoms with Crippen LogP contribution in [-0.2, 0) is 9.47 Å². The monoisotopic (exact) mass is 200 g/mol. The largest absolute Gasteiger partial charge is 0.385 e. The topological polar surface area (TPSA) is 68.3 Å². The Hall–Kier alpha value is -0.630. The first-order chi connectivity index (χ1) is 6.62. The first kappa shape index (κ1) is 13.4. The average molecular weight is 200 g/mol. The highest BCUT2D eigenvalue weighted by Gasteiger charge is 2.15.